The monoisotopic (exact) mass is 506 g/mol. The van der Waals surface area contributed by atoms with E-state index >= 15 is 0 Å². The Kier molecular flexibility index (Phi) is 7.53. The molecule has 1 aromatic heterocycles. The van der Waals surface area contributed by atoms with E-state index in [1.54, 1.807) is 18.2 Å². The summed E-state index contributed by atoms with van der Waals surface area (Å²) >= 11 is 1.40. The van der Waals surface area contributed by atoms with Crippen LogP contribution >= 0.6 is 11.3 Å². The lowest BCUT2D eigenvalue weighted by atomic mass is 10.0. The van der Waals surface area contributed by atoms with E-state index in [1.165, 1.54) is 35.6 Å². The predicted molar refractivity (Wildman–Crippen MR) is 133 cm³/mol. The fourth-order valence-electron chi connectivity index (χ4n) is 3.55. The predicted octanol–water partition coefficient (Wildman–Crippen LogP) is 3.15. The molecule has 35 heavy (non-hydrogen) atoms. The van der Waals surface area contributed by atoms with Crippen LogP contribution in [0.5, 0.6) is 0 Å². The summed E-state index contributed by atoms with van der Waals surface area (Å²) in [6, 6.07) is 21.7. The zero-order valence-electron chi connectivity index (χ0n) is 18.5. The Labute approximate surface area is 206 Å². The lowest BCUT2D eigenvalue weighted by Gasteiger charge is -2.17. The van der Waals surface area contributed by atoms with Gasteiger partial charge in [0.25, 0.3) is 5.91 Å². The highest BCUT2D eigenvalue weighted by Crippen LogP contribution is 2.30. The van der Waals surface area contributed by atoms with Gasteiger partial charge in [0.15, 0.2) is 0 Å². The maximum Gasteiger partial charge on any atom is 0.251 e. The number of nitrogens with zero attached hydrogens (tertiary/aromatic N) is 2. The van der Waals surface area contributed by atoms with Gasteiger partial charge in [-0.1, -0.05) is 30.3 Å². The molecule has 4 aromatic rings. The Morgan fingerprint density at radius 1 is 1.09 bits per heavy atom. The van der Waals surface area contributed by atoms with Crippen molar-refractivity contribution in [2.45, 2.75) is 17.4 Å². The number of rotatable bonds is 9. The van der Waals surface area contributed by atoms with Gasteiger partial charge in [-0.3, -0.25) is 4.79 Å². The highest BCUT2D eigenvalue weighted by atomic mass is 32.2. The zero-order valence-corrected chi connectivity index (χ0v) is 20.1. The van der Waals surface area contributed by atoms with Crippen LogP contribution in [0, 0.1) is 11.3 Å². The number of aliphatic hydroxyl groups excluding tert-OH is 1. The molecule has 0 radical (unpaired) electrons. The first-order chi connectivity index (χ1) is 16.9. The lowest BCUT2D eigenvalue weighted by molar-refractivity contribution is 0.0944. The van der Waals surface area contributed by atoms with Crippen LogP contribution in [0.2, 0.25) is 0 Å². The average Bonchev–Trinajstić information content (AvgIpc) is 3.31. The van der Waals surface area contributed by atoms with E-state index in [0.717, 1.165) is 15.8 Å². The fraction of sp³-hybridized carbons (Fsp3) is 0.160. The summed E-state index contributed by atoms with van der Waals surface area (Å²) in [4.78, 5) is 16.8. The number of thiazole rings is 1. The molecule has 4 rings (SSSR count). The van der Waals surface area contributed by atoms with E-state index in [1.807, 2.05) is 30.3 Å². The van der Waals surface area contributed by atoms with E-state index in [2.05, 4.69) is 21.1 Å². The van der Waals surface area contributed by atoms with Crippen molar-refractivity contribution in [2.75, 3.05) is 13.2 Å². The second-order valence-corrected chi connectivity index (χ2v) is 10.5. The van der Waals surface area contributed by atoms with Crippen molar-refractivity contribution in [3.05, 3.63) is 94.5 Å². The van der Waals surface area contributed by atoms with Gasteiger partial charge in [0, 0.05) is 12.1 Å². The highest BCUT2D eigenvalue weighted by molar-refractivity contribution is 7.89. The molecule has 0 fully saturated rings. The Hall–Kier alpha value is -3.62. The van der Waals surface area contributed by atoms with E-state index < -0.39 is 22.0 Å². The summed E-state index contributed by atoms with van der Waals surface area (Å²) in [6.07, 6.45) is 0.283. The van der Waals surface area contributed by atoms with E-state index in [4.69, 9.17) is 5.11 Å². The molecule has 1 amide bonds. The van der Waals surface area contributed by atoms with Crippen molar-refractivity contribution in [1.82, 2.24) is 15.0 Å². The quantitative estimate of drug-likeness (QED) is 0.320. The lowest BCUT2D eigenvalue weighted by Crippen LogP contribution is -2.31. The first-order valence-electron chi connectivity index (χ1n) is 10.8. The van der Waals surface area contributed by atoms with Crippen molar-refractivity contribution in [3.63, 3.8) is 0 Å². The molecule has 178 valence electrons. The number of carbonyl (C=O) groups excluding carboxylic acids is 1. The third-order valence-electron chi connectivity index (χ3n) is 5.21. The summed E-state index contributed by atoms with van der Waals surface area (Å²) in [6.45, 7) is -0.155. The van der Waals surface area contributed by atoms with Crippen molar-refractivity contribution in [1.29, 1.82) is 5.26 Å². The Morgan fingerprint density at radius 3 is 2.66 bits per heavy atom. The van der Waals surface area contributed by atoms with E-state index in [-0.39, 0.29) is 30.0 Å². The van der Waals surface area contributed by atoms with E-state index in [0.29, 0.717) is 10.6 Å². The van der Waals surface area contributed by atoms with Crippen molar-refractivity contribution < 1.29 is 18.3 Å². The maximum atomic E-state index is 13.4. The van der Waals surface area contributed by atoms with Crippen LogP contribution in [0.3, 0.4) is 0 Å². The molecular weight excluding hydrogens is 484 g/mol. The van der Waals surface area contributed by atoms with Gasteiger partial charge < -0.3 is 10.4 Å². The number of nitriles is 1. The molecule has 0 aliphatic heterocycles. The molecule has 0 saturated carbocycles. The number of sulfonamides is 1. The molecule has 1 unspecified atom stereocenters. The number of carbonyl (C=O) groups is 1. The largest absolute Gasteiger partial charge is 0.395 e. The molecule has 10 heteroatoms. The number of hydrogen-bond donors (Lipinski definition) is 3. The SMILES string of the molecule is N#Cc1cccc(CC(NS(=O)(=O)c2cccc(C(=O)NCCO)c2)c2nc3ccccc3s2)c1. The molecule has 3 aromatic carbocycles. The topological polar surface area (TPSA) is 132 Å². The summed E-state index contributed by atoms with van der Waals surface area (Å²) in [5.74, 6) is -0.479. The smallest absolute Gasteiger partial charge is 0.251 e. The van der Waals surface area contributed by atoms with Crippen LogP contribution in [-0.4, -0.2) is 37.6 Å². The number of hydrogen-bond acceptors (Lipinski definition) is 7. The summed E-state index contributed by atoms with van der Waals surface area (Å²) in [7, 11) is -4.04. The molecule has 8 nitrogen and oxygen atoms in total. The molecule has 0 spiro atoms. The van der Waals surface area contributed by atoms with Crippen LogP contribution in [-0.2, 0) is 16.4 Å². The van der Waals surface area contributed by atoms with Gasteiger partial charge in [0.1, 0.15) is 5.01 Å². The molecule has 0 saturated heterocycles. The number of fused-ring (bicyclic) bond motifs is 1. The number of amides is 1. The van der Waals surface area contributed by atoms with Crippen LogP contribution in [0.15, 0.2) is 77.7 Å². The second-order valence-electron chi connectivity index (χ2n) is 7.72. The number of aliphatic hydroxyl groups is 1. The van der Waals surface area contributed by atoms with Crippen molar-refractivity contribution in [3.8, 4) is 6.07 Å². The first kappa shape index (κ1) is 24.5. The number of para-hydroxylation sites is 1. The zero-order chi connectivity index (χ0) is 24.8. The van der Waals surface area contributed by atoms with Crippen LogP contribution in [0.25, 0.3) is 10.2 Å². The standard InChI is InChI=1S/C25H22N4O4S2/c26-16-18-6-3-5-17(13-18)14-22(25-28-21-9-1-2-10-23(21)34-25)29-35(32,33)20-8-4-7-19(15-20)24(31)27-11-12-30/h1-10,13,15,22,29-30H,11-12,14H2,(H,27,31). The normalized spacial score (nSPS) is 12.2. The molecule has 0 aliphatic rings. The van der Waals surface area contributed by atoms with Gasteiger partial charge in [-0.25, -0.2) is 18.1 Å². The number of benzene rings is 3. The van der Waals surface area contributed by atoms with Crippen LogP contribution in [0.1, 0.15) is 32.5 Å². The van der Waals surface area contributed by atoms with Gasteiger partial charge in [0.2, 0.25) is 10.0 Å². The molecule has 1 heterocycles. The van der Waals surface area contributed by atoms with Gasteiger partial charge in [0.05, 0.1) is 39.4 Å². The average molecular weight is 507 g/mol. The van der Waals surface area contributed by atoms with Crippen LogP contribution in [0.4, 0.5) is 0 Å². The molecule has 0 aliphatic carbocycles. The van der Waals surface area contributed by atoms with Crippen LogP contribution < -0.4 is 10.0 Å². The molecular formula is C25H22N4O4S2. The Balaban J connectivity index is 1.68. The molecule has 3 N–H and O–H groups in total. The summed E-state index contributed by atoms with van der Waals surface area (Å²) in [5, 5.41) is 21.3. The second kappa shape index (κ2) is 10.8. The summed E-state index contributed by atoms with van der Waals surface area (Å²) in [5.41, 5.74) is 2.20. The molecule has 1 atom stereocenters. The Morgan fingerprint density at radius 2 is 1.89 bits per heavy atom. The summed E-state index contributed by atoms with van der Waals surface area (Å²) < 4.78 is 30.4. The Bertz CT molecular complexity index is 1480. The number of aromatic nitrogens is 1. The maximum absolute atomic E-state index is 13.4. The van der Waals surface area contributed by atoms with Gasteiger partial charge in [-0.15, -0.1) is 11.3 Å². The fourth-order valence-corrected chi connectivity index (χ4v) is 5.89. The van der Waals surface area contributed by atoms with Crippen molar-refractivity contribution >= 4 is 37.5 Å². The van der Waals surface area contributed by atoms with Gasteiger partial charge in [-0.05, 0) is 54.4 Å². The molecule has 0 bridgehead atoms. The highest BCUT2D eigenvalue weighted by Gasteiger charge is 2.25. The number of nitrogens with one attached hydrogen (secondary N) is 2. The minimum atomic E-state index is -4.04. The van der Waals surface area contributed by atoms with Gasteiger partial charge >= 0.3 is 0 Å². The third-order valence-corrected chi connectivity index (χ3v) is 7.83. The van der Waals surface area contributed by atoms with E-state index in [9.17, 15) is 18.5 Å². The minimum absolute atomic E-state index is 0.0639. The third kappa shape index (κ3) is 5.90. The first-order valence-corrected chi connectivity index (χ1v) is 13.1. The minimum Gasteiger partial charge on any atom is -0.395 e. The van der Waals surface area contributed by atoms with Crippen molar-refractivity contribution in [2.24, 2.45) is 0 Å². The van der Waals surface area contributed by atoms with Gasteiger partial charge in [-0.2, -0.15) is 5.26 Å².